The molecule has 0 amide bonds. The van der Waals surface area contributed by atoms with E-state index in [9.17, 15) is 23.1 Å². The molecule has 0 aliphatic carbocycles. The smallest absolute Gasteiger partial charge is 0.431 e. The topological polar surface area (TPSA) is 53.1 Å². The van der Waals surface area contributed by atoms with Crippen LogP contribution in [-0.4, -0.2) is 16.1 Å². The van der Waals surface area contributed by atoms with Crippen molar-refractivity contribution in [1.29, 1.82) is 0 Å². The first-order valence-electron chi connectivity index (χ1n) is 5.67. The van der Waals surface area contributed by atoms with Gasteiger partial charge < -0.3 is 10.1 Å². The van der Waals surface area contributed by atoms with Gasteiger partial charge in [-0.1, -0.05) is 22.0 Å². The van der Waals surface area contributed by atoms with Crippen LogP contribution in [-0.2, 0) is 16.4 Å². The van der Waals surface area contributed by atoms with Crippen LogP contribution in [0.1, 0.15) is 25.1 Å². The number of hydrogen-bond donors (Lipinski definition) is 2. The maximum Gasteiger partial charge on any atom is 0.431 e. The fraction of sp³-hybridized carbons (Fsp3) is 0.308. The van der Waals surface area contributed by atoms with Crippen molar-refractivity contribution in [3.05, 3.63) is 33.9 Å². The highest BCUT2D eigenvalue weighted by molar-refractivity contribution is 9.10. The van der Waals surface area contributed by atoms with Gasteiger partial charge in [0.25, 0.3) is 0 Å². The summed E-state index contributed by atoms with van der Waals surface area (Å²) in [5, 5.41) is 9.48. The van der Waals surface area contributed by atoms with Gasteiger partial charge in [0.1, 0.15) is 5.69 Å². The van der Waals surface area contributed by atoms with E-state index >= 15 is 0 Å². The molecule has 0 saturated heterocycles. The van der Waals surface area contributed by atoms with E-state index in [0.717, 1.165) is 0 Å². The number of nitrogens with one attached hydrogen (secondary N) is 1. The summed E-state index contributed by atoms with van der Waals surface area (Å²) in [5.74, 6) is -1.31. The van der Waals surface area contributed by atoms with E-state index < -0.39 is 23.3 Å². The van der Waals surface area contributed by atoms with Crippen molar-refractivity contribution in [3.8, 4) is 0 Å². The quantitative estimate of drug-likeness (QED) is 0.848. The molecule has 0 bridgehead atoms. The van der Waals surface area contributed by atoms with E-state index in [-0.39, 0.29) is 16.5 Å². The molecular weight excluding hydrogens is 339 g/mol. The van der Waals surface area contributed by atoms with Crippen molar-refractivity contribution < 1.29 is 23.1 Å². The lowest BCUT2D eigenvalue weighted by atomic mass is 9.82. The molecule has 2 rings (SSSR count). The first-order chi connectivity index (χ1) is 9.05. The highest BCUT2D eigenvalue weighted by atomic mass is 79.9. The molecule has 2 aromatic rings. The number of carboxylic acids is 1. The fourth-order valence-electron chi connectivity index (χ4n) is 2.14. The summed E-state index contributed by atoms with van der Waals surface area (Å²) in [7, 11) is 0. The van der Waals surface area contributed by atoms with Gasteiger partial charge in [-0.05, 0) is 26.0 Å². The third-order valence-corrected chi connectivity index (χ3v) is 3.70. The molecule has 0 aliphatic rings. The summed E-state index contributed by atoms with van der Waals surface area (Å²) in [4.78, 5) is 13.6. The molecule has 1 aromatic carbocycles. The van der Waals surface area contributed by atoms with Crippen molar-refractivity contribution in [2.24, 2.45) is 0 Å². The first kappa shape index (κ1) is 14.9. The second-order valence-corrected chi connectivity index (χ2v) is 5.91. The Kier molecular flexibility index (Phi) is 3.36. The van der Waals surface area contributed by atoms with Gasteiger partial charge in [-0.2, -0.15) is 13.2 Å². The molecule has 0 saturated carbocycles. The minimum Gasteiger partial charge on any atom is -0.481 e. The van der Waals surface area contributed by atoms with Crippen LogP contribution in [0.5, 0.6) is 0 Å². The number of carboxylic acid groups (broad SMARTS) is 1. The Hall–Kier alpha value is -1.50. The third-order valence-electron chi connectivity index (χ3n) is 3.20. The number of halogens is 4. The Labute approximate surface area is 120 Å². The normalized spacial score (nSPS) is 12.9. The van der Waals surface area contributed by atoms with Crippen LogP contribution in [0, 0.1) is 0 Å². The number of fused-ring (bicyclic) bond motifs is 1. The van der Waals surface area contributed by atoms with Crippen LogP contribution >= 0.6 is 15.9 Å². The van der Waals surface area contributed by atoms with Gasteiger partial charge in [0.05, 0.1) is 5.41 Å². The molecule has 1 heterocycles. The molecule has 0 spiro atoms. The van der Waals surface area contributed by atoms with Gasteiger partial charge in [-0.15, -0.1) is 0 Å². The summed E-state index contributed by atoms with van der Waals surface area (Å²) < 4.78 is 40.0. The average molecular weight is 350 g/mol. The van der Waals surface area contributed by atoms with Crippen LogP contribution in [0.2, 0.25) is 0 Å². The maximum absolute atomic E-state index is 13.1. The summed E-state index contributed by atoms with van der Waals surface area (Å²) in [6, 6.07) is 4.55. The van der Waals surface area contributed by atoms with Crippen molar-refractivity contribution in [2.45, 2.75) is 25.4 Å². The first-order valence-corrected chi connectivity index (χ1v) is 6.46. The SMILES string of the molecule is CC(C)(C(=O)O)c1c(C(F)(F)F)[nH]c2cc(Br)ccc12. The van der Waals surface area contributed by atoms with Gasteiger partial charge in [0, 0.05) is 20.9 Å². The predicted molar refractivity (Wildman–Crippen MR) is 71.7 cm³/mol. The zero-order valence-corrected chi connectivity index (χ0v) is 12.2. The molecule has 108 valence electrons. The molecule has 0 fully saturated rings. The molecule has 0 aliphatic heterocycles. The van der Waals surface area contributed by atoms with Crippen LogP contribution < -0.4 is 0 Å². The second kappa shape index (κ2) is 4.51. The Bertz CT molecular complexity index is 689. The van der Waals surface area contributed by atoms with Crippen LogP contribution in [0.25, 0.3) is 10.9 Å². The van der Waals surface area contributed by atoms with Crippen LogP contribution in [0.15, 0.2) is 22.7 Å². The Morgan fingerprint density at radius 1 is 1.30 bits per heavy atom. The standard InChI is InChI=1S/C13H11BrF3NO2/c1-12(2,11(19)20)9-7-4-3-6(14)5-8(7)18-10(9)13(15,16)17/h3-5,18H,1-2H3,(H,19,20). The van der Waals surface area contributed by atoms with E-state index in [1.165, 1.54) is 26.0 Å². The minimum absolute atomic E-state index is 0.246. The predicted octanol–water partition coefficient (Wildman–Crippen LogP) is 4.31. The molecular formula is C13H11BrF3NO2. The number of aliphatic carboxylic acids is 1. The fourth-order valence-corrected chi connectivity index (χ4v) is 2.50. The van der Waals surface area contributed by atoms with Gasteiger partial charge in [0.2, 0.25) is 0 Å². The summed E-state index contributed by atoms with van der Waals surface area (Å²) in [5.41, 5.74) is -2.68. The number of hydrogen-bond acceptors (Lipinski definition) is 1. The molecule has 0 radical (unpaired) electrons. The highest BCUT2D eigenvalue weighted by Gasteiger charge is 2.44. The highest BCUT2D eigenvalue weighted by Crippen LogP contribution is 2.42. The lowest BCUT2D eigenvalue weighted by Gasteiger charge is -2.21. The zero-order valence-electron chi connectivity index (χ0n) is 10.6. The van der Waals surface area contributed by atoms with E-state index in [2.05, 4.69) is 20.9 Å². The number of benzene rings is 1. The van der Waals surface area contributed by atoms with E-state index in [1.54, 1.807) is 6.07 Å². The Balaban J connectivity index is 2.89. The van der Waals surface area contributed by atoms with Gasteiger partial charge >= 0.3 is 12.1 Å². The average Bonchev–Trinajstić information content (AvgIpc) is 2.67. The summed E-state index contributed by atoms with van der Waals surface area (Å²) >= 11 is 3.18. The van der Waals surface area contributed by atoms with E-state index in [1.807, 2.05) is 0 Å². The molecule has 0 unspecified atom stereocenters. The zero-order chi connectivity index (χ0) is 15.3. The maximum atomic E-state index is 13.1. The van der Waals surface area contributed by atoms with Gasteiger partial charge in [-0.3, -0.25) is 4.79 Å². The monoisotopic (exact) mass is 349 g/mol. The molecule has 3 nitrogen and oxygen atoms in total. The molecule has 1 aromatic heterocycles. The molecule has 20 heavy (non-hydrogen) atoms. The molecule has 7 heteroatoms. The van der Waals surface area contributed by atoms with Crippen molar-refractivity contribution >= 4 is 32.8 Å². The summed E-state index contributed by atoms with van der Waals surface area (Å²) in [6.45, 7) is 2.52. The van der Waals surface area contributed by atoms with Crippen LogP contribution in [0.3, 0.4) is 0 Å². The number of aromatic nitrogens is 1. The van der Waals surface area contributed by atoms with Crippen molar-refractivity contribution in [3.63, 3.8) is 0 Å². The number of H-pyrrole nitrogens is 1. The largest absolute Gasteiger partial charge is 0.481 e. The Morgan fingerprint density at radius 2 is 1.90 bits per heavy atom. The Morgan fingerprint density at radius 3 is 2.40 bits per heavy atom. The van der Waals surface area contributed by atoms with Crippen molar-refractivity contribution in [1.82, 2.24) is 4.98 Å². The van der Waals surface area contributed by atoms with E-state index in [0.29, 0.717) is 4.47 Å². The molecule has 2 N–H and O–H groups in total. The second-order valence-electron chi connectivity index (χ2n) is 4.99. The minimum atomic E-state index is -4.65. The van der Waals surface area contributed by atoms with Gasteiger partial charge in [0.15, 0.2) is 0 Å². The third kappa shape index (κ3) is 2.30. The summed E-state index contributed by atoms with van der Waals surface area (Å²) in [6.07, 6.45) is -4.65. The lowest BCUT2D eigenvalue weighted by Crippen LogP contribution is -2.31. The number of alkyl halides is 3. The number of rotatable bonds is 2. The van der Waals surface area contributed by atoms with Gasteiger partial charge in [-0.25, -0.2) is 0 Å². The van der Waals surface area contributed by atoms with Crippen molar-refractivity contribution in [2.75, 3.05) is 0 Å². The lowest BCUT2D eigenvalue weighted by molar-refractivity contribution is -0.145. The molecule has 0 atom stereocenters. The number of carbonyl (C=O) groups is 1. The van der Waals surface area contributed by atoms with E-state index in [4.69, 9.17) is 0 Å². The number of aromatic amines is 1. The van der Waals surface area contributed by atoms with Crippen LogP contribution in [0.4, 0.5) is 13.2 Å².